The molecule has 0 aliphatic carbocycles. The molecule has 1 amide bonds. The standard InChI is InChI=1S/C12H11NO3/c1-2-13-11(14)9-7-8-5-3-4-6-10(8)16-12(9)15/h3-7H,2H2,1H3,(H,13,14). The highest BCUT2D eigenvalue weighted by atomic mass is 16.4. The minimum atomic E-state index is -0.607. The molecule has 0 aliphatic heterocycles. The maximum Gasteiger partial charge on any atom is 0.349 e. The van der Waals surface area contributed by atoms with Gasteiger partial charge in [0.15, 0.2) is 0 Å². The van der Waals surface area contributed by atoms with Gasteiger partial charge in [-0.05, 0) is 19.1 Å². The van der Waals surface area contributed by atoms with Gasteiger partial charge in [-0.2, -0.15) is 0 Å². The normalized spacial score (nSPS) is 10.3. The molecule has 1 N–H and O–H groups in total. The summed E-state index contributed by atoms with van der Waals surface area (Å²) >= 11 is 0. The van der Waals surface area contributed by atoms with Crippen molar-refractivity contribution in [2.75, 3.05) is 6.54 Å². The molecular weight excluding hydrogens is 206 g/mol. The number of hydrogen-bond acceptors (Lipinski definition) is 3. The molecule has 1 heterocycles. The second kappa shape index (κ2) is 4.18. The van der Waals surface area contributed by atoms with Gasteiger partial charge in [0.2, 0.25) is 0 Å². The first-order valence-electron chi connectivity index (χ1n) is 5.03. The summed E-state index contributed by atoms with van der Waals surface area (Å²) in [6.45, 7) is 2.27. The highest BCUT2D eigenvalue weighted by molar-refractivity contribution is 5.96. The van der Waals surface area contributed by atoms with Crippen LogP contribution in [0.1, 0.15) is 17.3 Å². The summed E-state index contributed by atoms with van der Waals surface area (Å²) in [6.07, 6.45) is 0. The fraction of sp³-hybridized carbons (Fsp3) is 0.167. The van der Waals surface area contributed by atoms with Crippen molar-refractivity contribution in [3.8, 4) is 0 Å². The molecule has 0 unspecified atom stereocenters. The Labute approximate surface area is 91.9 Å². The van der Waals surface area contributed by atoms with Crippen LogP contribution in [0, 0.1) is 0 Å². The smallest absolute Gasteiger partial charge is 0.349 e. The van der Waals surface area contributed by atoms with Crippen LogP contribution in [0.15, 0.2) is 39.5 Å². The Morgan fingerprint density at radius 2 is 2.12 bits per heavy atom. The second-order valence-electron chi connectivity index (χ2n) is 3.34. The van der Waals surface area contributed by atoms with Crippen LogP contribution in [-0.4, -0.2) is 12.5 Å². The quantitative estimate of drug-likeness (QED) is 0.776. The van der Waals surface area contributed by atoms with E-state index in [2.05, 4.69) is 5.32 Å². The van der Waals surface area contributed by atoms with E-state index in [9.17, 15) is 9.59 Å². The summed E-state index contributed by atoms with van der Waals surface area (Å²) in [5, 5.41) is 3.31. The van der Waals surface area contributed by atoms with Crippen molar-refractivity contribution in [1.29, 1.82) is 0 Å². The Kier molecular flexibility index (Phi) is 2.72. The number of benzene rings is 1. The van der Waals surface area contributed by atoms with Crippen molar-refractivity contribution in [2.45, 2.75) is 6.92 Å². The molecule has 0 radical (unpaired) electrons. The van der Waals surface area contributed by atoms with E-state index in [0.717, 1.165) is 5.39 Å². The molecule has 0 bridgehead atoms. The predicted molar refractivity (Wildman–Crippen MR) is 60.5 cm³/mol. The van der Waals surface area contributed by atoms with Crippen molar-refractivity contribution in [3.63, 3.8) is 0 Å². The van der Waals surface area contributed by atoms with Crippen LogP contribution >= 0.6 is 0 Å². The maximum atomic E-state index is 11.5. The first-order chi connectivity index (χ1) is 7.72. The van der Waals surface area contributed by atoms with E-state index in [1.165, 1.54) is 0 Å². The van der Waals surface area contributed by atoms with E-state index in [4.69, 9.17) is 4.42 Å². The number of fused-ring (bicyclic) bond motifs is 1. The van der Waals surface area contributed by atoms with Gasteiger partial charge in [0.1, 0.15) is 11.1 Å². The lowest BCUT2D eigenvalue weighted by Gasteiger charge is -2.01. The van der Waals surface area contributed by atoms with Gasteiger partial charge in [0.25, 0.3) is 5.91 Å². The molecule has 1 aromatic carbocycles. The molecule has 16 heavy (non-hydrogen) atoms. The molecule has 1 aromatic heterocycles. The molecule has 4 nitrogen and oxygen atoms in total. The van der Waals surface area contributed by atoms with Gasteiger partial charge in [-0.3, -0.25) is 4.79 Å². The largest absolute Gasteiger partial charge is 0.422 e. The van der Waals surface area contributed by atoms with E-state index in [1.54, 1.807) is 31.2 Å². The number of rotatable bonds is 2. The van der Waals surface area contributed by atoms with Crippen LogP contribution < -0.4 is 10.9 Å². The van der Waals surface area contributed by atoms with Crippen molar-refractivity contribution < 1.29 is 9.21 Å². The van der Waals surface area contributed by atoms with Crippen molar-refractivity contribution >= 4 is 16.9 Å². The van der Waals surface area contributed by atoms with Gasteiger partial charge in [0.05, 0.1) is 0 Å². The van der Waals surface area contributed by atoms with Crippen LogP contribution in [0.3, 0.4) is 0 Å². The molecule has 2 rings (SSSR count). The summed E-state index contributed by atoms with van der Waals surface area (Å²) < 4.78 is 5.04. The molecule has 82 valence electrons. The minimum Gasteiger partial charge on any atom is -0.422 e. The highest BCUT2D eigenvalue weighted by Crippen LogP contribution is 2.12. The third kappa shape index (κ3) is 1.82. The third-order valence-electron chi connectivity index (χ3n) is 2.22. The summed E-state index contributed by atoms with van der Waals surface area (Å²) in [7, 11) is 0. The van der Waals surface area contributed by atoms with Gasteiger partial charge < -0.3 is 9.73 Å². The van der Waals surface area contributed by atoms with E-state index in [-0.39, 0.29) is 5.56 Å². The van der Waals surface area contributed by atoms with Crippen LogP contribution in [0.2, 0.25) is 0 Å². The molecule has 4 heteroatoms. The van der Waals surface area contributed by atoms with Gasteiger partial charge >= 0.3 is 5.63 Å². The fourth-order valence-corrected chi connectivity index (χ4v) is 1.48. The van der Waals surface area contributed by atoms with E-state index >= 15 is 0 Å². The number of amides is 1. The first-order valence-corrected chi connectivity index (χ1v) is 5.03. The first kappa shape index (κ1) is 10.4. The number of para-hydroxylation sites is 1. The molecule has 0 saturated heterocycles. The van der Waals surface area contributed by atoms with Crippen LogP contribution in [0.5, 0.6) is 0 Å². The molecule has 0 atom stereocenters. The van der Waals surface area contributed by atoms with Gasteiger partial charge in [-0.1, -0.05) is 18.2 Å². The molecule has 0 saturated carbocycles. The minimum absolute atomic E-state index is 0.0422. The summed E-state index contributed by atoms with van der Waals surface area (Å²) in [4.78, 5) is 23.1. The van der Waals surface area contributed by atoms with E-state index < -0.39 is 11.5 Å². The van der Waals surface area contributed by atoms with Crippen molar-refractivity contribution in [1.82, 2.24) is 5.32 Å². The molecule has 0 aliphatic rings. The Hall–Kier alpha value is -2.10. The van der Waals surface area contributed by atoms with Crippen molar-refractivity contribution in [3.05, 3.63) is 46.3 Å². The number of carbonyl (C=O) groups is 1. The average molecular weight is 217 g/mol. The molecule has 0 spiro atoms. The Balaban J connectivity index is 2.58. The summed E-state index contributed by atoms with van der Waals surface area (Å²) in [6, 6.07) is 8.63. The van der Waals surface area contributed by atoms with Crippen molar-refractivity contribution in [2.24, 2.45) is 0 Å². The Bertz CT molecular complexity index is 586. The highest BCUT2D eigenvalue weighted by Gasteiger charge is 2.11. The summed E-state index contributed by atoms with van der Waals surface area (Å²) in [5.41, 5.74) is -0.0780. The SMILES string of the molecule is CCNC(=O)c1cc2ccccc2oc1=O. The zero-order valence-corrected chi connectivity index (χ0v) is 8.82. The van der Waals surface area contributed by atoms with E-state index in [0.29, 0.717) is 12.1 Å². The van der Waals surface area contributed by atoms with Gasteiger partial charge in [0, 0.05) is 11.9 Å². The lowest BCUT2D eigenvalue weighted by molar-refractivity contribution is 0.0952. The molecule has 0 fully saturated rings. The Morgan fingerprint density at radius 3 is 2.88 bits per heavy atom. The second-order valence-corrected chi connectivity index (χ2v) is 3.34. The zero-order chi connectivity index (χ0) is 11.5. The number of carbonyl (C=O) groups excluding carboxylic acids is 1. The Morgan fingerprint density at radius 1 is 1.38 bits per heavy atom. The predicted octanol–water partition coefficient (Wildman–Crippen LogP) is 1.54. The third-order valence-corrected chi connectivity index (χ3v) is 2.22. The summed E-state index contributed by atoms with van der Waals surface area (Å²) in [5.74, 6) is -0.401. The maximum absolute atomic E-state index is 11.5. The van der Waals surface area contributed by atoms with Crippen LogP contribution in [0.4, 0.5) is 0 Å². The van der Waals surface area contributed by atoms with Crippen LogP contribution in [0.25, 0.3) is 11.0 Å². The monoisotopic (exact) mass is 217 g/mol. The van der Waals surface area contributed by atoms with Crippen LogP contribution in [-0.2, 0) is 0 Å². The number of nitrogens with one attached hydrogen (secondary N) is 1. The fourth-order valence-electron chi connectivity index (χ4n) is 1.48. The average Bonchev–Trinajstić information content (AvgIpc) is 2.28. The molecular formula is C12H11NO3. The molecule has 2 aromatic rings. The van der Waals surface area contributed by atoms with E-state index in [1.807, 2.05) is 6.07 Å². The zero-order valence-electron chi connectivity index (χ0n) is 8.82. The lowest BCUT2D eigenvalue weighted by atomic mass is 10.2. The van der Waals surface area contributed by atoms with Gasteiger partial charge in [-0.15, -0.1) is 0 Å². The number of hydrogen-bond donors (Lipinski definition) is 1. The topological polar surface area (TPSA) is 59.3 Å². The van der Waals surface area contributed by atoms with Gasteiger partial charge in [-0.25, -0.2) is 4.79 Å². The lowest BCUT2D eigenvalue weighted by Crippen LogP contribution is -2.27.